The van der Waals surface area contributed by atoms with Gasteiger partial charge in [-0.1, -0.05) is 18.2 Å². The number of benzene rings is 1. The predicted molar refractivity (Wildman–Crippen MR) is 77.2 cm³/mol. The lowest BCUT2D eigenvalue weighted by molar-refractivity contribution is -0.142. The number of hydrogen-bond donors (Lipinski definition) is 3. The van der Waals surface area contributed by atoms with Crippen molar-refractivity contribution >= 4 is 11.9 Å². The molecule has 0 aliphatic heterocycles. The average Bonchev–Trinajstić information content (AvgIpc) is 2.46. The smallest absolute Gasteiger partial charge is 0.326 e. The van der Waals surface area contributed by atoms with Gasteiger partial charge >= 0.3 is 5.97 Å². The Bertz CT molecular complexity index is 475. The molecule has 0 aliphatic carbocycles. The highest BCUT2D eigenvalue weighted by Gasteiger charge is 2.19. The molecule has 0 heterocycles. The summed E-state index contributed by atoms with van der Waals surface area (Å²) in [6, 6.07) is 6.38. The average molecular weight is 295 g/mol. The molecule has 0 aromatic heterocycles. The number of aliphatic carboxylic acids is 1. The van der Waals surface area contributed by atoms with Crippen LogP contribution in [0.4, 0.5) is 0 Å². The van der Waals surface area contributed by atoms with Gasteiger partial charge < -0.3 is 20.3 Å². The summed E-state index contributed by atoms with van der Waals surface area (Å²) >= 11 is 0. The Morgan fingerprint density at radius 1 is 1.33 bits per heavy atom. The molecule has 1 aromatic carbocycles. The zero-order valence-electron chi connectivity index (χ0n) is 12.0. The van der Waals surface area contributed by atoms with Crippen LogP contribution in [-0.2, 0) is 16.0 Å². The maximum Gasteiger partial charge on any atom is 0.326 e. The number of aliphatic hydroxyl groups is 1. The van der Waals surface area contributed by atoms with E-state index in [0.717, 1.165) is 11.3 Å². The van der Waals surface area contributed by atoms with Crippen LogP contribution in [0.2, 0.25) is 0 Å². The van der Waals surface area contributed by atoms with E-state index in [1.54, 1.807) is 0 Å². The third-order valence-electron chi connectivity index (χ3n) is 2.94. The third kappa shape index (κ3) is 5.83. The van der Waals surface area contributed by atoms with E-state index < -0.39 is 12.0 Å². The molecular formula is C15H21NO5. The molecule has 1 atom stereocenters. The van der Waals surface area contributed by atoms with Crippen LogP contribution in [-0.4, -0.2) is 41.3 Å². The van der Waals surface area contributed by atoms with E-state index in [9.17, 15) is 9.59 Å². The number of hydrogen-bond acceptors (Lipinski definition) is 4. The topological polar surface area (TPSA) is 95.9 Å². The molecule has 6 heteroatoms. The van der Waals surface area contributed by atoms with E-state index in [1.807, 2.05) is 31.2 Å². The first kappa shape index (κ1) is 17.0. The molecule has 0 aliphatic rings. The van der Waals surface area contributed by atoms with Gasteiger partial charge in [-0.05, 0) is 25.0 Å². The SMILES string of the molecule is CCOc1ccccc1CCC(=O)N[C@@H](CCO)C(=O)O. The summed E-state index contributed by atoms with van der Waals surface area (Å²) in [4.78, 5) is 22.7. The standard InChI is InChI=1S/C15H21NO5/c1-2-21-13-6-4-3-5-11(13)7-8-14(18)16-12(9-10-17)15(19)20/h3-6,12,17H,2,7-10H2,1H3,(H,16,18)(H,19,20)/t12-/m0/s1. The zero-order chi connectivity index (χ0) is 15.7. The highest BCUT2D eigenvalue weighted by atomic mass is 16.5. The van der Waals surface area contributed by atoms with Crippen molar-refractivity contribution in [2.24, 2.45) is 0 Å². The van der Waals surface area contributed by atoms with Crippen molar-refractivity contribution in [3.63, 3.8) is 0 Å². The molecule has 1 amide bonds. The van der Waals surface area contributed by atoms with Crippen molar-refractivity contribution in [1.29, 1.82) is 0 Å². The Labute approximate surface area is 123 Å². The summed E-state index contributed by atoms with van der Waals surface area (Å²) in [5.74, 6) is -0.771. The first-order valence-corrected chi connectivity index (χ1v) is 6.92. The fraction of sp³-hybridized carbons (Fsp3) is 0.467. The fourth-order valence-corrected chi connectivity index (χ4v) is 1.91. The predicted octanol–water partition coefficient (Wildman–Crippen LogP) is 0.970. The van der Waals surface area contributed by atoms with Crippen LogP contribution in [0.5, 0.6) is 5.75 Å². The van der Waals surface area contributed by atoms with E-state index in [-0.39, 0.29) is 25.4 Å². The van der Waals surface area contributed by atoms with E-state index in [4.69, 9.17) is 14.9 Å². The Balaban J connectivity index is 2.54. The number of ether oxygens (including phenoxy) is 1. The quantitative estimate of drug-likeness (QED) is 0.631. The summed E-state index contributed by atoms with van der Waals surface area (Å²) in [7, 11) is 0. The van der Waals surface area contributed by atoms with Crippen LogP contribution in [0.3, 0.4) is 0 Å². The second-order valence-electron chi connectivity index (χ2n) is 4.51. The molecule has 6 nitrogen and oxygen atoms in total. The third-order valence-corrected chi connectivity index (χ3v) is 2.94. The molecule has 1 aromatic rings. The van der Waals surface area contributed by atoms with Crippen LogP contribution >= 0.6 is 0 Å². The fourth-order valence-electron chi connectivity index (χ4n) is 1.91. The number of carboxylic acid groups (broad SMARTS) is 1. The first-order chi connectivity index (χ1) is 10.1. The molecule has 0 bridgehead atoms. The summed E-state index contributed by atoms with van der Waals surface area (Å²) < 4.78 is 5.47. The van der Waals surface area contributed by atoms with E-state index >= 15 is 0 Å². The Morgan fingerprint density at radius 2 is 2.05 bits per heavy atom. The molecule has 3 N–H and O–H groups in total. The highest BCUT2D eigenvalue weighted by Crippen LogP contribution is 2.19. The van der Waals surface area contributed by atoms with Gasteiger partial charge in [-0.15, -0.1) is 0 Å². The molecule has 1 rings (SSSR count). The van der Waals surface area contributed by atoms with Gasteiger partial charge in [-0.25, -0.2) is 4.79 Å². The van der Waals surface area contributed by atoms with E-state index in [1.165, 1.54) is 0 Å². The van der Waals surface area contributed by atoms with E-state index in [0.29, 0.717) is 13.0 Å². The molecular weight excluding hydrogens is 274 g/mol. The zero-order valence-corrected chi connectivity index (χ0v) is 12.0. The first-order valence-electron chi connectivity index (χ1n) is 6.92. The number of nitrogens with one attached hydrogen (secondary N) is 1. The number of carbonyl (C=O) groups is 2. The largest absolute Gasteiger partial charge is 0.494 e. The minimum atomic E-state index is -1.15. The number of rotatable bonds is 9. The summed E-state index contributed by atoms with van der Waals surface area (Å²) in [5.41, 5.74) is 0.906. The van der Waals surface area contributed by atoms with Gasteiger partial charge in [-0.2, -0.15) is 0 Å². The number of carbonyl (C=O) groups excluding carboxylic acids is 1. The van der Waals surface area contributed by atoms with Gasteiger partial charge in [-0.3, -0.25) is 4.79 Å². The Hall–Kier alpha value is -2.08. The summed E-state index contributed by atoms with van der Waals surface area (Å²) in [5, 5.41) is 20.1. The van der Waals surface area contributed by atoms with Gasteiger partial charge in [0.15, 0.2) is 0 Å². The maximum absolute atomic E-state index is 11.8. The van der Waals surface area contributed by atoms with Crippen molar-refractivity contribution in [3.05, 3.63) is 29.8 Å². The van der Waals surface area contributed by atoms with Crippen molar-refractivity contribution in [3.8, 4) is 5.75 Å². The second kappa shape index (κ2) is 8.97. The Morgan fingerprint density at radius 3 is 2.67 bits per heavy atom. The lowest BCUT2D eigenvalue weighted by Gasteiger charge is -2.14. The number of carboxylic acids is 1. The lowest BCUT2D eigenvalue weighted by Crippen LogP contribution is -2.41. The van der Waals surface area contributed by atoms with Gasteiger partial charge in [0.2, 0.25) is 5.91 Å². The minimum Gasteiger partial charge on any atom is -0.494 e. The number of para-hydroxylation sites is 1. The minimum absolute atomic E-state index is 0.00337. The Kier molecular flexibility index (Phi) is 7.25. The molecule has 21 heavy (non-hydrogen) atoms. The number of aryl methyl sites for hydroxylation is 1. The van der Waals surface area contributed by atoms with Gasteiger partial charge in [0, 0.05) is 19.4 Å². The molecule has 0 saturated heterocycles. The summed E-state index contributed by atoms with van der Waals surface area (Å²) in [6.45, 7) is 2.14. The monoisotopic (exact) mass is 295 g/mol. The van der Waals surface area contributed by atoms with Gasteiger partial charge in [0.1, 0.15) is 11.8 Å². The van der Waals surface area contributed by atoms with Crippen LogP contribution in [0, 0.1) is 0 Å². The van der Waals surface area contributed by atoms with Crippen molar-refractivity contribution < 1.29 is 24.5 Å². The van der Waals surface area contributed by atoms with Crippen molar-refractivity contribution in [1.82, 2.24) is 5.32 Å². The van der Waals surface area contributed by atoms with Crippen LogP contribution in [0.1, 0.15) is 25.3 Å². The molecule has 0 unspecified atom stereocenters. The number of amides is 1. The molecule has 116 valence electrons. The van der Waals surface area contributed by atoms with Crippen molar-refractivity contribution in [2.75, 3.05) is 13.2 Å². The van der Waals surface area contributed by atoms with Crippen LogP contribution < -0.4 is 10.1 Å². The van der Waals surface area contributed by atoms with Crippen LogP contribution in [0.15, 0.2) is 24.3 Å². The number of aliphatic hydroxyl groups excluding tert-OH is 1. The maximum atomic E-state index is 11.8. The molecule has 0 spiro atoms. The second-order valence-corrected chi connectivity index (χ2v) is 4.51. The summed E-state index contributed by atoms with van der Waals surface area (Å²) in [6.07, 6.45) is 0.628. The molecule has 0 saturated carbocycles. The van der Waals surface area contributed by atoms with Gasteiger partial charge in [0.05, 0.1) is 6.61 Å². The van der Waals surface area contributed by atoms with Crippen LogP contribution in [0.25, 0.3) is 0 Å². The van der Waals surface area contributed by atoms with Gasteiger partial charge in [0.25, 0.3) is 0 Å². The normalized spacial score (nSPS) is 11.7. The van der Waals surface area contributed by atoms with Crippen molar-refractivity contribution in [2.45, 2.75) is 32.2 Å². The van der Waals surface area contributed by atoms with E-state index in [2.05, 4.69) is 5.32 Å². The highest BCUT2D eigenvalue weighted by molar-refractivity contribution is 5.83. The molecule has 0 radical (unpaired) electrons. The molecule has 0 fully saturated rings. The lowest BCUT2D eigenvalue weighted by atomic mass is 10.1.